The first kappa shape index (κ1) is 15.4. The number of hydrogen-bond donors (Lipinski definition) is 2. The number of aromatic nitrogens is 2. The highest BCUT2D eigenvalue weighted by atomic mass is 16.2. The molecule has 2 N–H and O–H groups in total. The Labute approximate surface area is 144 Å². The van der Waals surface area contributed by atoms with Crippen LogP contribution in [0.5, 0.6) is 0 Å². The molecule has 0 radical (unpaired) electrons. The van der Waals surface area contributed by atoms with Gasteiger partial charge in [0.25, 0.3) is 0 Å². The molecule has 2 amide bonds. The number of benzene rings is 1. The normalized spacial score (nSPS) is 16.4. The number of nitrogens with one attached hydrogen (secondary N) is 2. The summed E-state index contributed by atoms with van der Waals surface area (Å²) in [4.78, 5) is 28.8. The zero-order valence-electron chi connectivity index (χ0n) is 13.8. The van der Waals surface area contributed by atoms with Gasteiger partial charge in [-0.15, -0.1) is 0 Å². The Hall–Kier alpha value is -3.15. The Morgan fingerprint density at radius 2 is 2.16 bits per heavy atom. The van der Waals surface area contributed by atoms with Crippen LogP contribution in [0, 0.1) is 0 Å². The summed E-state index contributed by atoms with van der Waals surface area (Å²) in [6, 6.07) is 11.1. The monoisotopic (exact) mass is 334 g/mol. The average Bonchev–Trinajstić information content (AvgIpc) is 2.92. The summed E-state index contributed by atoms with van der Waals surface area (Å²) in [6.07, 6.45) is 4.30. The van der Waals surface area contributed by atoms with Crippen LogP contribution in [0.2, 0.25) is 0 Å². The largest absolute Gasteiger partial charge is 0.350 e. The van der Waals surface area contributed by atoms with E-state index >= 15 is 0 Å². The van der Waals surface area contributed by atoms with Gasteiger partial charge in [0.15, 0.2) is 0 Å². The van der Waals surface area contributed by atoms with Crippen molar-refractivity contribution >= 4 is 28.5 Å². The maximum Gasteiger partial charge on any atom is 0.248 e. The summed E-state index contributed by atoms with van der Waals surface area (Å²) >= 11 is 0. The number of hydrogen-bond acceptors (Lipinski definition) is 3. The number of nitrogens with zero attached hydrogens (tertiary/aromatic N) is 2. The second-order valence-corrected chi connectivity index (χ2v) is 6.28. The molecule has 6 heteroatoms. The molecule has 4 rings (SSSR count). The molecule has 0 saturated carbocycles. The Morgan fingerprint density at radius 1 is 1.32 bits per heavy atom. The number of fused-ring (bicyclic) bond motifs is 2. The predicted octanol–water partition coefficient (Wildman–Crippen LogP) is 1.80. The first-order valence-corrected chi connectivity index (χ1v) is 8.19. The zero-order valence-corrected chi connectivity index (χ0v) is 13.8. The molecule has 0 saturated heterocycles. The van der Waals surface area contributed by atoms with E-state index in [0.29, 0.717) is 12.2 Å². The lowest BCUT2D eigenvalue weighted by Crippen LogP contribution is -2.48. The van der Waals surface area contributed by atoms with Crippen molar-refractivity contribution in [2.24, 2.45) is 7.05 Å². The van der Waals surface area contributed by atoms with Crippen LogP contribution in [0.4, 0.5) is 5.82 Å². The lowest BCUT2D eigenvalue weighted by atomic mass is 10.0. The predicted molar refractivity (Wildman–Crippen MR) is 95.1 cm³/mol. The van der Waals surface area contributed by atoms with E-state index < -0.39 is 6.04 Å². The number of rotatable bonds is 3. The fraction of sp³-hybridized carbons (Fsp3) is 0.211. The van der Waals surface area contributed by atoms with Gasteiger partial charge in [0.2, 0.25) is 11.8 Å². The van der Waals surface area contributed by atoms with Crippen molar-refractivity contribution in [3.63, 3.8) is 0 Å². The van der Waals surface area contributed by atoms with Crippen LogP contribution in [0.1, 0.15) is 11.1 Å². The maximum absolute atomic E-state index is 12.5. The highest BCUT2D eigenvalue weighted by molar-refractivity contribution is 5.99. The van der Waals surface area contributed by atoms with E-state index in [1.807, 2.05) is 54.2 Å². The van der Waals surface area contributed by atoms with Gasteiger partial charge < -0.3 is 15.2 Å². The minimum atomic E-state index is -0.570. The molecule has 6 nitrogen and oxygen atoms in total. The van der Waals surface area contributed by atoms with E-state index in [2.05, 4.69) is 15.6 Å². The van der Waals surface area contributed by atoms with Crippen LogP contribution in [0.25, 0.3) is 10.9 Å². The van der Waals surface area contributed by atoms with Crippen LogP contribution in [-0.4, -0.2) is 27.4 Å². The van der Waals surface area contributed by atoms with Crippen LogP contribution in [-0.2, 0) is 29.5 Å². The average molecular weight is 334 g/mol. The molecule has 0 bridgehead atoms. The van der Waals surface area contributed by atoms with E-state index in [0.717, 1.165) is 22.0 Å². The SMILES string of the molecule is Cn1cc(CC(=O)NC2Cc3cccnc3NC2=O)c2ccccc21. The van der Waals surface area contributed by atoms with Gasteiger partial charge in [-0.3, -0.25) is 9.59 Å². The third-order valence-corrected chi connectivity index (χ3v) is 4.54. The van der Waals surface area contributed by atoms with E-state index in [1.165, 1.54) is 0 Å². The molecule has 1 aliphatic rings. The first-order chi connectivity index (χ1) is 12.1. The Morgan fingerprint density at radius 3 is 3.04 bits per heavy atom. The van der Waals surface area contributed by atoms with Gasteiger partial charge in [-0.1, -0.05) is 24.3 Å². The fourth-order valence-corrected chi connectivity index (χ4v) is 3.33. The van der Waals surface area contributed by atoms with E-state index in [1.54, 1.807) is 6.20 Å². The number of carbonyl (C=O) groups excluding carboxylic acids is 2. The van der Waals surface area contributed by atoms with Gasteiger partial charge >= 0.3 is 0 Å². The molecule has 0 spiro atoms. The molecular formula is C19H18N4O2. The molecule has 3 heterocycles. The van der Waals surface area contributed by atoms with E-state index in [4.69, 9.17) is 0 Å². The van der Waals surface area contributed by atoms with Crippen LogP contribution in [0.3, 0.4) is 0 Å². The lowest BCUT2D eigenvalue weighted by molar-refractivity contribution is -0.126. The highest BCUT2D eigenvalue weighted by Crippen LogP contribution is 2.22. The fourth-order valence-electron chi connectivity index (χ4n) is 3.33. The number of anilines is 1. The topological polar surface area (TPSA) is 76.0 Å². The van der Waals surface area contributed by atoms with Crippen molar-refractivity contribution < 1.29 is 9.59 Å². The van der Waals surface area contributed by atoms with Crippen molar-refractivity contribution in [3.8, 4) is 0 Å². The van der Waals surface area contributed by atoms with Crippen molar-refractivity contribution in [2.75, 3.05) is 5.32 Å². The minimum Gasteiger partial charge on any atom is -0.350 e. The summed E-state index contributed by atoms with van der Waals surface area (Å²) in [5.41, 5.74) is 2.96. The number of pyridine rings is 1. The second kappa shape index (κ2) is 6.05. The number of aryl methyl sites for hydroxylation is 1. The van der Waals surface area contributed by atoms with E-state index in [-0.39, 0.29) is 18.2 Å². The first-order valence-electron chi connectivity index (χ1n) is 8.19. The molecule has 0 fully saturated rings. The summed E-state index contributed by atoms with van der Waals surface area (Å²) in [5.74, 6) is 0.188. The quantitative estimate of drug-likeness (QED) is 0.767. The van der Waals surface area contributed by atoms with E-state index in [9.17, 15) is 9.59 Å². The highest BCUT2D eigenvalue weighted by Gasteiger charge is 2.28. The molecule has 25 heavy (non-hydrogen) atoms. The van der Waals surface area contributed by atoms with Crippen LogP contribution in [0.15, 0.2) is 48.8 Å². The van der Waals surface area contributed by atoms with Crippen LogP contribution >= 0.6 is 0 Å². The van der Waals surface area contributed by atoms with Gasteiger partial charge in [-0.25, -0.2) is 4.98 Å². The zero-order chi connectivity index (χ0) is 17.4. The lowest BCUT2D eigenvalue weighted by Gasteiger charge is -2.24. The molecule has 0 aliphatic carbocycles. The molecule has 126 valence electrons. The minimum absolute atomic E-state index is 0.163. The smallest absolute Gasteiger partial charge is 0.248 e. The molecule has 3 aromatic rings. The Kier molecular flexibility index (Phi) is 3.72. The standard InChI is InChI=1S/C19H18N4O2/c1-23-11-13(14-6-2-3-7-16(14)23)10-17(24)21-15-9-12-5-4-8-20-18(12)22-19(15)25/h2-8,11,15H,9-10H2,1H3,(H,21,24)(H,20,22,25). The third-order valence-electron chi connectivity index (χ3n) is 4.54. The Bertz CT molecular complexity index is 976. The summed E-state index contributed by atoms with van der Waals surface area (Å²) in [5, 5.41) is 6.65. The van der Waals surface area contributed by atoms with Crippen molar-refractivity contribution in [3.05, 3.63) is 59.9 Å². The van der Waals surface area contributed by atoms with Gasteiger partial charge in [0, 0.05) is 36.8 Å². The molecule has 2 aromatic heterocycles. The second-order valence-electron chi connectivity index (χ2n) is 6.28. The number of para-hydroxylation sites is 1. The van der Waals surface area contributed by atoms with Gasteiger partial charge in [0.1, 0.15) is 11.9 Å². The number of amides is 2. The van der Waals surface area contributed by atoms with Gasteiger partial charge in [0.05, 0.1) is 6.42 Å². The third kappa shape index (κ3) is 2.87. The molecule has 1 unspecified atom stereocenters. The van der Waals surface area contributed by atoms with Crippen molar-refractivity contribution in [1.29, 1.82) is 0 Å². The summed E-state index contributed by atoms with van der Waals surface area (Å²) in [6.45, 7) is 0. The summed E-state index contributed by atoms with van der Waals surface area (Å²) in [7, 11) is 1.96. The molecule has 1 aliphatic heterocycles. The molecular weight excluding hydrogens is 316 g/mol. The van der Waals surface area contributed by atoms with Crippen molar-refractivity contribution in [2.45, 2.75) is 18.9 Å². The molecule has 1 atom stereocenters. The van der Waals surface area contributed by atoms with Gasteiger partial charge in [-0.05, 0) is 23.3 Å². The van der Waals surface area contributed by atoms with Gasteiger partial charge in [-0.2, -0.15) is 0 Å². The summed E-state index contributed by atoms with van der Waals surface area (Å²) < 4.78 is 2.01. The molecule has 1 aromatic carbocycles. The number of carbonyl (C=O) groups is 2. The Balaban J connectivity index is 1.50. The van der Waals surface area contributed by atoms with Crippen molar-refractivity contribution in [1.82, 2.24) is 14.9 Å². The maximum atomic E-state index is 12.5. The van der Waals surface area contributed by atoms with Crippen LogP contribution < -0.4 is 10.6 Å².